The fourth-order valence-corrected chi connectivity index (χ4v) is 4.68. The van der Waals surface area contributed by atoms with Gasteiger partial charge in [0, 0.05) is 28.9 Å². The summed E-state index contributed by atoms with van der Waals surface area (Å²) in [6.07, 6.45) is 2.02. The molecular weight excluding hydrogens is 414 g/mol. The van der Waals surface area contributed by atoms with Crippen LogP contribution in [0.3, 0.4) is 0 Å². The molecule has 0 saturated carbocycles. The molecule has 5 rings (SSSR count). The standard InChI is InChI=1S/C24H18ClN3OS/c1-15-3-2-4-16(11-15)13-26-23(29)18-7-10-21-22(12-18)30-24-27-20(14-28(21)24)17-5-8-19(25)9-6-17/h2-12,14H,13H2,1H3,(H,26,29). The molecular formula is C24H18ClN3OS. The Morgan fingerprint density at radius 3 is 2.73 bits per heavy atom. The summed E-state index contributed by atoms with van der Waals surface area (Å²) in [6.45, 7) is 2.56. The minimum Gasteiger partial charge on any atom is -0.348 e. The van der Waals surface area contributed by atoms with Gasteiger partial charge in [0.2, 0.25) is 0 Å². The molecule has 0 fully saturated rings. The van der Waals surface area contributed by atoms with E-state index in [1.165, 1.54) is 5.56 Å². The largest absolute Gasteiger partial charge is 0.348 e. The van der Waals surface area contributed by atoms with Crippen LogP contribution in [0.1, 0.15) is 21.5 Å². The first-order valence-electron chi connectivity index (χ1n) is 9.58. The van der Waals surface area contributed by atoms with E-state index in [0.29, 0.717) is 17.1 Å². The van der Waals surface area contributed by atoms with Crippen LogP contribution in [0.4, 0.5) is 0 Å². The Balaban J connectivity index is 1.40. The number of nitrogens with one attached hydrogen (secondary N) is 1. The van der Waals surface area contributed by atoms with Crippen molar-refractivity contribution in [1.82, 2.24) is 14.7 Å². The van der Waals surface area contributed by atoms with Gasteiger partial charge >= 0.3 is 0 Å². The van der Waals surface area contributed by atoms with Crippen LogP contribution in [0.5, 0.6) is 0 Å². The molecule has 3 aromatic carbocycles. The number of hydrogen-bond donors (Lipinski definition) is 1. The number of carbonyl (C=O) groups excluding carboxylic acids is 1. The lowest BCUT2D eigenvalue weighted by atomic mass is 10.1. The average molecular weight is 432 g/mol. The quantitative estimate of drug-likeness (QED) is 0.373. The minimum absolute atomic E-state index is 0.0775. The second-order valence-electron chi connectivity index (χ2n) is 7.24. The fourth-order valence-electron chi connectivity index (χ4n) is 3.51. The molecule has 0 unspecified atom stereocenters. The molecule has 4 nitrogen and oxygen atoms in total. The smallest absolute Gasteiger partial charge is 0.251 e. The molecule has 0 atom stereocenters. The number of benzene rings is 3. The zero-order valence-corrected chi connectivity index (χ0v) is 17.8. The molecule has 0 aliphatic carbocycles. The minimum atomic E-state index is -0.0775. The molecule has 2 heterocycles. The van der Waals surface area contributed by atoms with E-state index in [4.69, 9.17) is 16.6 Å². The van der Waals surface area contributed by atoms with Gasteiger partial charge in [0.25, 0.3) is 5.91 Å². The van der Waals surface area contributed by atoms with Gasteiger partial charge in [-0.2, -0.15) is 0 Å². The van der Waals surface area contributed by atoms with Crippen molar-refractivity contribution in [2.75, 3.05) is 0 Å². The average Bonchev–Trinajstić information content (AvgIpc) is 3.30. The molecule has 2 aromatic heterocycles. The normalized spacial score (nSPS) is 11.3. The van der Waals surface area contributed by atoms with Crippen molar-refractivity contribution < 1.29 is 4.79 Å². The Kier molecular flexibility index (Phi) is 4.77. The summed E-state index contributed by atoms with van der Waals surface area (Å²) >= 11 is 7.56. The summed E-state index contributed by atoms with van der Waals surface area (Å²) in [5.41, 5.74) is 5.89. The van der Waals surface area contributed by atoms with Gasteiger partial charge in [-0.05, 0) is 42.8 Å². The lowest BCUT2D eigenvalue weighted by Gasteiger charge is -2.06. The summed E-state index contributed by atoms with van der Waals surface area (Å²) in [4.78, 5) is 18.3. The van der Waals surface area contributed by atoms with E-state index in [-0.39, 0.29) is 5.91 Å². The summed E-state index contributed by atoms with van der Waals surface area (Å²) in [6, 6.07) is 21.6. The maximum absolute atomic E-state index is 12.6. The summed E-state index contributed by atoms with van der Waals surface area (Å²) in [5.74, 6) is -0.0775. The van der Waals surface area contributed by atoms with E-state index < -0.39 is 0 Å². The lowest BCUT2D eigenvalue weighted by Crippen LogP contribution is -2.22. The van der Waals surface area contributed by atoms with Crippen molar-refractivity contribution in [3.63, 3.8) is 0 Å². The Labute approximate surface area is 182 Å². The third-order valence-electron chi connectivity index (χ3n) is 5.03. The maximum atomic E-state index is 12.6. The number of hydrogen-bond acceptors (Lipinski definition) is 3. The monoisotopic (exact) mass is 431 g/mol. The molecule has 0 aliphatic heterocycles. The van der Waals surface area contributed by atoms with Crippen molar-refractivity contribution in [3.05, 3.63) is 94.6 Å². The van der Waals surface area contributed by atoms with Crippen molar-refractivity contribution in [3.8, 4) is 11.3 Å². The molecule has 1 amide bonds. The van der Waals surface area contributed by atoms with Gasteiger partial charge in [0.05, 0.1) is 15.9 Å². The van der Waals surface area contributed by atoms with Gasteiger partial charge in [0.1, 0.15) is 0 Å². The number of aryl methyl sites for hydroxylation is 1. The molecule has 0 aliphatic rings. The Bertz CT molecular complexity index is 1390. The molecule has 0 saturated heterocycles. The van der Waals surface area contributed by atoms with Crippen LogP contribution in [0, 0.1) is 6.92 Å². The highest BCUT2D eigenvalue weighted by Gasteiger charge is 2.13. The predicted octanol–water partition coefficient (Wildman–Crippen LogP) is 6.11. The van der Waals surface area contributed by atoms with Crippen LogP contribution in [0.25, 0.3) is 26.4 Å². The number of fused-ring (bicyclic) bond motifs is 3. The van der Waals surface area contributed by atoms with Gasteiger partial charge in [-0.1, -0.05) is 64.9 Å². The molecule has 5 aromatic rings. The number of amides is 1. The van der Waals surface area contributed by atoms with Crippen LogP contribution >= 0.6 is 22.9 Å². The van der Waals surface area contributed by atoms with E-state index in [1.54, 1.807) is 11.3 Å². The first-order chi connectivity index (χ1) is 14.6. The van der Waals surface area contributed by atoms with Crippen molar-refractivity contribution >= 4 is 44.0 Å². The topological polar surface area (TPSA) is 46.4 Å². The van der Waals surface area contributed by atoms with E-state index in [1.807, 2.05) is 73.8 Å². The summed E-state index contributed by atoms with van der Waals surface area (Å²) in [7, 11) is 0. The molecule has 0 spiro atoms. The molecule has 0 radical (unpaired) electrons. The van der Waals surface area contributed by atoms with Crippen LogP contribution in [0.2, 0.25) is 5.02 Å². The van der Waals surface area contributed by atoms with Crippen LogP contribution in [-0.4, -0.2) is 15.3 Å². The van der Waals surface area contributed by atoms with E-state index in [0.717, 1.165) is 32.0 Å². The van der Waals surface area contributed by atoms with Crippen LogP contribution in [0.15, 0.2) is 72.9 Å². The van der Waals surface area contributed by atoms with Crippen molar-refractivity contribution in [2.45, 2.75) is 13.5 Å². The first kappa shape index (κ1) is 18.9. The molecule has 0 bridgehead atoms. The third kappa shape index (κ3) is 3.58. The third-order valence-corrected chi connectivity index (χ3v) is 6.30. The molecule has 148 valence electrons. The van der Waals surface area contributed by atoms with E-state index in [9.17, 15) is 4.79 Å². The highest BCUT2D eigenvalue weighted by Crippen LogP contribution is 2.30. The highest BCUT2D eigenvalue weighted by atomic mass is 35.5. The zero-order valence-electron chi connectivity index (χ0n) is 16.2. The van der Waals surface area contributed by atoms with Gasteiger partial charge in [-0.15, -0.1) is 0 Å². The van der Waals surface area contributed by atoms with Gasteiger partial charge < -0.3 is 5.32 Å². The van der Waals surface area contributed by atoms with E-state index >= 15 is 0 Å². The number of rotatable bonds is 4. The zero-order chi connectivity index (χ0) is 20.7. The van der Waals surface area contributed by atoms with Crippen LogP contribution in [-0.2, 0) is 6.54 Å². The number of carbonyl (C=O) groups is 1. The first-order valence-corrected chi connectivity index (χ1v) is 10.8. The highest BCUT2D eigenvalue weighted by molar-refractivity contribution is 7.23. The summed E-state index contributed by atoms with van der Waals surface area (Å²) < 4.78 is 3.10. The molecule has 6 heteroatoms. The van der Waals surface area contributed by atoms with Crippen molar-refractivity contribution in [2.24, 2.45) is 0 Å². The Hall–Kier alpha value is -3.15. The SMILES string of the molecule is Cc1cccc(CNC(=O)c2ccc3c(c2)sc2nc(-c4ccc(Cl)cc4)cn23)c1. The van der Waals surface area contributed by atoms with Gasteiger partial charge in [-0.25, -0.2) is 4.98 Å². The fraction of sp³-hybridized carbons (Fsp3) is 0.0833. The number of imidazole rings is 1. The molecule has 1 N–H and O–H groups in total. The maximum Gasteiger partial charge on any atom is 0.251 e. The number of thiazole rings is 1. The van der Waals surface area contributed by atoms with Crippen molar-refractivity contribution in [1.29, 1.82) is 0 Å². The Morgan fingerprint density at radius 2 is 1.93 bits per heavy atom. The second kappa shape index (κ2) is 7.59. The number of nitrogens with zero attached hydrogens (tertiary/aromatic N) is 2. The predicted molar refractivity (Wildman–Crippen MR) is 123 cm³/mol. The van der Waals surface area contributed by atoms with Gasteiger partial charge in [0.15, 0.2) is 4.96 Å². The van der Waals surface area contributed by atoms with Crippen LogP contribution < -0.4 is 5.32 Å². The second-order valence-corrected chi connectivity index (χ2v) is 8.69. The van der Waals surface area contributed by atoms with E-state index in [2.05, 4.69) is 15.8 Å². The Morgan fingerprint density at radius 1 is 1.10 bits per heavy atom. The number of halogens is 1. The molecule has 30 heavy (non-hydrogen) atoms. The number of aromatic nitrogens is 2. The van der Waals surface area contributed by atoms with Gasteiger partial charge in [-0.3, -0.25) is 9.20 Å². The lowest BCUT2D eigenvalue weighted by molar-refractivity contribution is 0.0951. The summed E-state index contributed by atoms with van der Waals surface area (Å²) in [5, 5.41) is 3.71.